The van der Waals surface area contributed by atoms with Gasteiger partial charge in [-0.3, -0.25) is 14.6 Å². The van der Waals surface area contributed by atoms with Gasteiger partial charge in [0.1, 0.15) is 0 Å². The topological polar surface area (TPSA) is 75.1 Å². The Labute approximate surface area is 74.0 Å². The van der Waals surface area contributed by atoms with Crippen LogP contribution in [0.5, 0.6) is 0 Å². The van der Waals surface area contributed by atoms with E-state index in [2.05, 4.69) is 5.10 Å². The molecule has 1 aliphatic carbocycles. The summed E-state index contributed by atoms with van der Waals surface area (Å²) in [4.78, 5) is 22.1. The van der Waals surface area contributed by atoms with E-state index in [-0.39, 0.29) is 17.2 Å². The first-order chi connectivity index (χ1) is 6.11. The molecule has 0 spiro atoms. The standard InChI is InChI=1S/C8H10N2O3/c1-10-6(8(12)13)5(4-2-3-4)7(11)9-10/h4H,2-3H2,1H3,(H,9,11)(H,12,13). The summed E-state index contributed by atoms with van der Waals surface area (Å²) < 4.78 is 1.28. The Hall–Kier alpha value is -1.52. The van der Waals surface area contributed by atoms with Gasteiger partial charge in [0, 0.05) is 7.05 Å². The van der Waals surface area contributed by atoms with E-state index in [0.29, 0.717) is 5.56 Å². The molecule has 0 aliphatic heterocycles. The lowest BCUT2D eigenvalue weighted by atomic mass is 10.1. The van der Waals surface area contributed by atoms with Crippen molar-refractivity contribution in [2.45, 2.75) is 18.8 Å². The predicted octanol–water partition coefficient (Wildman–Crippen LogP) is 0.289. The zero-order chi connectivity index (χ0) is 9.59. The van der Waals surface area contributed by atoms with Crippen molar-refractivity contribution >= 4 is 5.97 Å². The highest BCUT2D eigenvalue weighted by atomic mass is 16.4. The van der Waals surface area contributed by atoms with E-state index in [1.165, 1.54) is 11.7 Å². The van der Waals surface area contributed by atoms with E-state index in [1.807, 2.05) is 0 Å². The molecule has 2 N–H and O–H groups in total. The summed E-state index contributed by atoms with van der Waals surface area (Å²) in [7, 11) is 1.54. The molecule has 0 amide bonds. The molecule has 0 aromatic carbocycles. The lowest BCUT2D eigenvalue weighted by Gasteiger charge is -1.97. The van der Waals surface area contributed by atoms with Gasteiger partial charge in [0.2, 0.25) is 0 Å². The van der Waals surface area contributed by atoms with Gasteiger partial charge in [-0.15, -0.1) is 0 Å². The lowest BCUT2D eigenvalue weighted by Crippen LogP contribution is -2.08. The highest BCUT2D eigenvalue weighted by Gasteiger charge is 2.33. The van der Waals surface area contributed by atoms with Crippen molar-refractivity contribution < 1.29 is 9.90 Å². The second-order valence-corrected chi connectivity index (χ2v) is 3.34. The number of hydrogen-bond donors (Lipinski definition) is 2. The molecule has 0 unspecified atom stereocenters. The van der Waals surface area contributed by atoms with Gasteiger partial charge in [-0.25, -0.2) is 4.79 Å². The number of aryl methyl sites for hydroxylation is 1. The maximum Gasteiger partial charge on any atom is 0.354 e. The first-order valence-corrected chi connectivity index (χ1v) is 4.13. The van der Waals surface area contributed by atoms with Crippen LogP contribution in [-0.2, 0) is 7.05 Å². The molecule has 1 heterocycles. The van der Waals surface area contributed by atoms with Crippen molar-refractivity contribution in [2.75, 3.05) is 0 Å². The number of H-pyrrole nitrogens is 1. The lowest BCUT2D eigenvalue weighted by molar-refractivity contribution is 0.0683. The summed E-state index contributed by atoms with van der Waals surface area (Å²) in [6, 6.07) is 0. The molecule has 5 nitrogen and oxygen atoms in total. The fourth-order valence-corrected chi connectivity index (χ4v) is 1.57. The van der Waals surface area contributed by atoms with Crippen molar-refractivity contribution in [1.29, 1.82) is 0 Å². The molecule has 1 aromatic heterocycles. The number of nitrogens with one attached hydrogen (secondary N) is 1. The van der Waals surface area contributed by atoms with Crippen molar-refractivity contribution in [3.05, 3.63) is 21.6 Å². The van der Waals surface area contributed by atoms with E-state index in [9.17, 15) is 9.59 Å². The van der Waals surface area contributed by atoms with Crippen LogP contribution in [0.15, 0.2) is 4.79 Å². The Balaban J connectivity index is 2.63. The van der Waals surface area contributed by atoms with Gasteiger partial charge in [0.15, 0.2) is 5.69 Å². The van der Waals surface area contributed by atoms with Crippen LogP contribution in [0.2, 0.25) is 0 Å². The van der Waals surface area contributed by atoms with Crippen LogP contribution in [0.25, 0.3) is 0 Å². The van der Waals surface area contributed by atoms with Gasteiger partial charge in [0.25, 0.3) is 5.56 Å². The second kappa shape index (κ2) is 2.48. The van der Waals surface area contributed by atoms with Crippen molar-refractivity contribution in [2.24, 2.45) is 7.05 Å². The van der Waals surface area contributed by atoms with Gasteiger partial charge in [-0.1, -0.05) is 0 Å². The summed E-state index contributed by atoms with van der Waals surface area (Å²) in [5.74, 6) is -0.876. The van der Waals surface area contributed by atoms with E-state index >= 15 is 0 Å². The Kier molecular flexibility index (Phi) is 1.55. The minimum atomic E-state index is -1.04. The summed E-state index contributed by atoms with van der Waals surface area (Å²) in [5.41, 5.74) is 0.282. The molecular formula is C8H10N2O3. The smallest absolute Gasteiger partial charge is 0.354 e. The highest BCUT2D eigenvalue weighted by Crippen LogP contribution is 2.39. The van der Waals surface area contributed by atoms with Crippen LogP contribution in [0.1, 0.15) is 34.8 Å². The van der Waals surface area contributed by atoms with Gasteiger partial charge in [-0.2, -0.15) is 0 Å². The predicted molar refractivity (Wildman–Crippen MR) is 45.0 cm³/mol. The molecule has 1 aromatic rings. The Morgan fingerprint density at radius 1 is 1.62 bits per heavy atom. The van der Waals surface area contributed by atoms with Crippen LogP contribution < -0.4 is 5.56 Å². The van der Waals surface area contributed by atoms with Crippen molar-refractivity contribution in [3.63, 3.8) is 0 Å². The van der Waals surface area contributed by atoms with Crippen LogP contribution in [0.3, 0.4) is 0 Å². The number of rotatable bonds is 2. The molecule has 0 atom stereocenters. The van der Waals surface area contributed by atoms with Gasteiger partial charge >= 0.3 is 5.97 Å². The fourth-order valence-electron chi connectivity index (χ4n) is 1.57. The van der Waals surface area contributed by atoms with E-state index in [1.54, 1.807) is 0 Å². The highest BCUT2D eigenvalue weighted by molar-refractivity contribution is 5.87. The van der Waals surface area contributed by atoms with E-state index in [0.717, 1.165) is 12.8 Å². The number of aromatic amines is 1. The molecule has 5 heteroatoms. The molecule has 1 fully saturated rings. The normalized spacial score (nSPS) is 16.1. The maximum absolute atomic E-state index is 11.3. The summed E-state index contributed by atoms with van der Waals surface area (Å²) >= 11 is 0. The molecule has 70 valence electrons. The number of carboxylic acids is 1. The Morgan fingerprint density at radius 2 is 2.23 bits per heavy atom. The van der Waals surface area contributed by atoms with Crippen molar-refractivity contribution in [3.8, 4) is 0 Å². The summed E-state index contributed by atoms with van der Waals surface area (Å²) in [5, 5.41) is 11.3. The third-order valence-corrected chi connectivity index (χ3v) is 2.29. The quantitative estimate of drug-likeness (QED) is 0.690. The van der Waals surface area contributed by atoms with Gasteiger partial charge in [-0.05, 0) is 18.8 Å². The fraction of sp³-hybridized carbons (Fsp3) is 0.500. The monoisotopic (exact) mass is 182 g/mol. The third-order valence-electron chi connectivity index (χ3n) is 2.29. The molecule has 0 radical (unpaired) electrons. The SMILES string of the molecule is Cn1[nH]c(=O)c(C2CC2)c1C(=O)O. The largest absolute Gasteiger partial charge is 0.477 e. The molecule has 13 heavy (non-hydrogen) atoms. The van der Waals surface area contributed by atoms with E-state index < -0.39 is 5.97 Å². The number of carbonyl (C=O) groups is 1. The molecule has 0 saturated heterocycles. The van der Waals surface area contributed by atoms with Gasteiger partial charge in [0.05, 0.1) is 5.56 Å². The molecule has 0 bridgehead atoms. The molecule has 1 aliphatic rings. The zero-order valence-electron chi connectivity index (χ0n) is 7.20. The maximum atomic E-state index is 11.3. The van der Waals surface area contributed by atoms with Crippen LogP contribution in [0.4, 0.5) is 0 Å². The average Bonchev–Trinajstić information content (AvgIpc) is 2.77. The van der Waals surface area contributed by atoms with E-state index in [4.69, 9.17) is 5.11 Å². The summed E-state index contributed by atoms with van der Waals surface area (Å²) in [6.45, 7) is 0. The number of aromatic nitrogens is 2. The Bertz CT molecular complexity index is 412. The Morgan fingerprint density at radius 3 is 2.69 bits per heavy atom. The number of aromatic carboxylic acids is 1. The zero-order valence-corrected chi connectivity index (χ0v) is 7.20. The first-order valence-electron chi connectivity index (χ1n) is 4.13. The number of nitrogens with zero attached hydrogens (tertiary/aromatic N) is 1. The minimum Gasteiger partial charge on any atom is -0.477 e. The average molecular weight is 182 g/mol. The number of carboxylic acid groups (broad SMARTS) is 1. The van der Waals surface area contributed by atoms with Crippen molar-refractivity contribution in [1.82, 2.24) is 9.78 Å². The molecular weight excluding hydrogens is 172 g/mol. The van der Waals surface area contributed by atoms with Crippen LogP contribution >= 0.6 is 0 Å². The van der Waals surface area contributed by atoms with Crippen LogP contribution in [0, 0.1) is 0 Å². The summed E-state index contributed by atoms with van der Waals surface area (Å²) in [6.07, 6.45) is 1.85. The molecule has 2 rings (SSSR count). The first kappa shape index (κ1) is 8.10. The van der Waals surface area contributed by atoms with Crippen LogP contribution in [-0.4, -0.2) is 20.9 Å². The third kappa shape index (κ3) is 1.16. The second-order valence-electron chi connectivity index (χ2n) is 3.34. The molecule has 1 saturated carbocycles. The number of hydrogen-bond acceptors (Lipinski definition) is 2. The minimum absolute atomic E-state index is 0.104. The van der Waals surface area contributed by atoms with Gasteiger partial charge < -0.3 is 5.11 Å².